The second kappa shape index (κ2) is 7.18. The van der Waals surface area contributed by atoms with Gasteiger partial charge in [0.2, 0.25) is 0 Å². The molecule has 0 unspecified atom stereocenters. The first-order valence-corrected chi connectivity index (χ1v) is 10.4. The van der Waals surface area contributed by atoms with Crippen LogP contribution in [0.2, 0.25) is 0 Å². The molecule has 0 atom stereocenters. The summed E-state index contributed by atoms with van der Waals surface area (Å²) in [4.78, 5) is 20.7. The first-order valence-electron chi connectivity index (χ1n) is 10.4. The summed E-state index contributed by atoms with van der Waals surface area (Å²) in [6.07, 6.45) is 0. The van der Waals surface area contributed by atoms with Gasteiger partial charge in [0.15, 0.2) is 0 Å². The highest BCUT2D eigenvalue weighted by molar-refractivity contribution is 6.15. The molecule has 0 saturated carbocycles. The summed E-state index contributed by atoms with van der Waals surface area (Å²) in [5, 5.41) is 2.29. The lowest BCUT2D eigenvalue weighted by atomic mass is 9.95. The number of carbonyl (C=O) groups is 1. The summed E-state index contributed by atoms with van der Waals surface area (Å²) >= 11 is 0. The number of nitrogens with two attached hydrogens (primary N) is 1. The van der Waals surface area contributed by atoms with Crippen molar-refractivity contribution in [2.45, 2.75) is 6.92 Å². The van der Waals surface area contributed by atoms with E-state index in [-0.39, 0.29) is 5.91 Å². The van der Waals surface area contributed by atoms with Crippen LogP contribution in [-0.4, -0.2) is 53.9 Å². The summed E-state index contributed by atoms with van der Waals surface area (Å²) < 4.78 is 0. The molecule has 0 radical (unpaired) electrons. The molecule has 5 heteroatoms. The van der Waals surface area contributed by atoms with Crippen LogP contribution in [0, 0.1) is 6.92 Å². The maximum absolute atomic E-state index is 13.0. The lowest BCUT2D eigenvalue weighted by Gasteiger charge is -2.32. The number of fused-ring (bicyclic) bond motifs is 3. The van der Waals surface area contributed by atoms with E-state index in [1.165, 1.54) is 5.39 Å². The summed E-state index contributed by atoms with van der Waals surface area (Å²) in [6, 6.07) is 18.4. The Kier molecular flexibility index (Phi) is 4.48. The minimum absolute atomic E-state index is 0.107. The molecule has 1 saturated heterocycles. The van der Waals surface area contributed by atoms with Crippen LogP contribution in [0.4, 0.5) is 5.69 Å². The number of amides is 1. The van der Waals surface area contributed by atoms with Gasteiger partial charge in [-0.1, -0.05) is 30.3 Å². The monoisotopic (exact) mass is 398 g/mol. The van der Waals surface area contributed by atoms with Gasteiger partial charge in [0, 0.05) is 59.2 Å². The van der Waals surface area contributed by atoms with Crippen LogP contribution >= 0.6 is 0 Å². The maximum Gasteiger partial charge on any atom is 0.254 e. The second-order valence-corrected chi connectivity index (χ2v) is 8.23. The summed E-state index contributed by atoms with van der Waals surface area (Å²) in [5.74, 6) is 0.107. The van der Waals surface area contributed by atoms with Crippen molar-refractivity contribution in [1.82, 2.24) is 14.8 Å². The van der Waals surface area contributed by atoms with E-state index in [4.69, 9.17) is 5.73 Å². The maximum atomic E-state index is 13.0. The third kappa shape index (κ3) is 3.02. The molecule has 3 N–H and O–H groups in total. The number of carbonyl (C=O) groups excluding carboxylic acids is 1. The fraction of sp³-hybridized carbons (Fsp3) is 0.240. The first-order chi connectivity index (χ1) is 14.5. The average molecular weight is 399 g/mol. The number of rotatable bonds is 2. The van der Waals surface area contributed by atoms with Crippen LogP contribution in [0.25, 0.3) is 32.9 Å². The molecule has 1 amide bonds. The Labute approximate surface area is 176 Å². The quantitative estimate of drug-likeness (QED) is 0.496. The number of hydrogen-bond acceptors (Lipinski definition) is 3. The number of aromatic amines is 1. The van der Waals surface area contributed by atoms with E-state index in [2.05, 4.69) is 54.2 Å². The molecule has 0 bridgehead atoms. The molecule has 0 aliphatic carbocycles. The molecule has 4 aromatic rings. The summed E-state index contributed by atoms with van der Waals surface area (Å²) in [6.45, 7) is 5.45. The predicted molar refractivity (Wildman–Crippen MR) is 124 cm³/mol. The number of H-pyrrole nitrogens is 1. The van der Waals surface area contributed by atoms with Crippen LogP contribution in [-0.2, 0) is 0 Å². The molecular weight excluding hydrogens is 372 g/mol. The van der Waals surface area contributed by atoms with E-state index in [0.29, 0.717) is 0 Å². The zero-order valence-corrected chi connectivity index (χ0v) is 17.4. The molecule has 1 aromatic heterocycles. The Morgan fingerprint density at radius 1 is 0.933 bits per heavy atom. The standard InChI is InChI=1S/C25H26N4O/c1-16-18(5-3-7-21(16)26)19-6-4-8-22-24(19)20-10-9-17(15-23(20)27-22)25(30)29-13-11-28(2)12-14-29/h3-10,15,27H,11-14,26H2,1-2H3. The molecule has 30 heavy (non-hydrogen) atoms. The van der Waals surface area contributed by atoms with Crippen molar-refractivity contribution in [2.24, 2.45) is 0 Å². The molecule has 3 aromatic carbocycles. The van der Waals surface area contributed by atoms with Crippen molar-refractivity contribution in [3.63, 3.8) is 0 Å². The van der Waals surface area contributed by atoms with Crippen LogP contribution in [0.3, 0.4) is 0 Å². The van der Waals surface area contributed by atoms with E-state index in [9.17, 15) is 4.79 Å². The zero-order chi connectivity index (χ0) is 20.8. The number of hydrogen-bond donors (Lipinski definition) is 2. The van der Waals surface area contributed by atoms with Crippen molar-refractivity contribution < 1.29 is 4.79 Å². The molecule has 152 valence electrons. The third-order valence-electron chi connectivity index (χ3n) is 6.33. The third-order valence-corrected chi connectivity index (χ3v) is 6.33. The number of likely N-dealkylation sites (N-methyl/N-ethyl adjacent to an activating group) is 1. The summed E-state index contributed by atoms with van der Waals surface area (Å²) in [5.41, 5.74) is 13.1. The normalized spacial score (nSPS) is 15.2. The van der Waals surface area contributed by atoms with Crippen molar-refractivity contribution in [3.05, 3.63) is 65.7 Å². The molecule has 2 heterocycles. The number of nitrogens with one attached hydrogen (secondary N) is 1. The van der Waals surface area contributed by atoms with Crippen LogP contribution in [0.1, 0.15) is 15.9 Å². The van der Waals surface area contributed by atoms with Gasteiger partial charge in [-0.15, -0.1) is 0 Å². The second-order valence-electron chi connectivity index (χ2n) is 8.23. The fourth-order valence-electron chi connectivity index (χ4n) is 4.45. The Morgan fingerprint density at radius 2 is 1.67 bits per heavy atom. The topological polar surface area (TPSA) is 65.4 Å². The number of nitrogen functional groups attached to an aromatic ring is 1. The van der Waals surface area contributed by atoms with E-state index in [0.717, 1.165) is 70.5 Å². The van der Waals surface area contributed by atoms with Gasteiger partial charge in [-0.2, -0.15) is 0 Å². The van der Waals surface area contributed by atoms with Gasteiger partial charge in [0.1, 0.15) is 0 Å². The van der Waals surface area contributed by atoms with Crippen LogP contribution in [0.15, 0.2) is 54.6 Å². The lowest BCUT2D eigenvalue weighted by Crippen LogP contribution is -2.47. The van der Waals surface area contributed by atoms with E-state index in [1.54, 1.807) is 0 Å². The van der Waals surface area contributed by atoms with E-state index in [1.807, 2.05) is 29.2 Å². The van der Waals surface area contributed by atoms with Gasteiger partial charge in [0.25, 0.3) is 5.91 Å². The van der Waals surface area contributed by atoms with Gasteiger partial charge in [0.05, 0.1) is 0 Å². The predicted octanol–water partition coefficient (Wildman–Crippen LogP) is 4.27. The zero-order valence-electron chi connectivity index (χ0n) is 17.4. The molecule has 1 aliphatic heterocycles. The first kappa shape index (κ1) is 18.7. The number of aromatic nitrogens is 1. The Balaban J connectivity index is 1.61. The molecule has 0 spiro atoms. The van der Waals surface area contributed by atoms with E-state index < -0.39 is 0 Å². The van der Waals surface area contributed by atoms with Gasteiger partial charge < -0.3 is 20.5 Å². The van der Waals surface area contributed by atoms with Gasteiger partial charge in [-0.3, -0.25) is 4.79 Å². The highest BCUT2D eigenvalue weighted by Gasteiger charge is 2.21. The molecular formula is C25H26N4O. The van der Waals surface area contributed by atoms with Gasteiger partial charge in [-0.05, 0) is 54.9 Å². The highest BCUT2D eigenvalue weighted by atomic mass is 16.2. The Bertz CT molecular complexity index is 1270. The molecule has 5 rings (SSSR count). The van der Waals surface area contributed by atoms with Crippen molar-refractivity contribution in [2.75, 3.05) is 39.0 Å². The highest BCUT2D eigenvalue weighted by Crippen LogP contribution is 2.37. The smallest absolute Gasteiger partial charge is 0.254 e. The molecule has 1 aliphatic rings. The number of anilines is 1. The number of benzene rings is 3. The van der Waals surface area contributed by atoms with Crippen LogP contribution in [0.5, 0.6) is 0 Å². The van der Waals surface area contributed by atoms with Gasteiger partial charge >= 0.3 is 0 Å². The fourth-order valence-corrected chi connectivity index (χ4v) is 4.45. The number of nitrogens with zero attached hydrogens (tertiary/aromatic N) is 2. The van der Waals surface area contributed by atoms with Crippen molar-refractivity contribution >= 4 is 33.4 Å². The SMILES string of the molecule is Cc1c(N)cccc1-c1cccc2[nH]c3cc(C(=O)N4CCN(C)CC4)ccc3c12. The summed E-state index contributed by atoms with van der Waals surface area (Å²) in [7, 11) is 2.10. The van der Waals surface area contributed by atoms with Gasteiger partial charge in [-0.25, -0.2) is 0 Å². The van der Waals surface area contributed by atoms with Crippen molar-refractivity contribution in [1.29, 1.82) is 0 Å². The Hall–Kier alpha value is -3.31. The van der Waals surface area contributed by atoms with Crippen molar-refractivity contribution in [3.8, 4) is 11.1 Å². The minimum Gasteiger partial charge on any atom is -0.398 e. The lowest BCUT2D eigenvalue weighted by molar-refractivity contribution is 0.0664. The largest absolute Gasteiger partial charge is 0.398 e. The number of piperazine rings is 1. The molecule has 1 fully saturated rings. The Morgan fingerprint density at radius 3 is 2.47 bits per heavy atom. The molecule has 5 nitrogen and oxygen atoms in total. The average Bonchev–Trinajstić information content (AvgIpc) is 3.14. The minimum atomic E-state index is 0.107. The van der Waals surface area contributed by atoms with E-state index >= 15 is 0 Å². The van der Waals surface area contributed by atoms with Crippen LogP contribution < -0.4 is 5.73 Å².